The quantitative estimate of drug-likeness (QED) is 0.857. The number of rotatable bonds is 4. The van der Waals surface area contributed by atoms with E-state index in [1.807, 2.05) is 0 Å². The number of ketones is 1. The van der Waals surface area contributed by atoms with Crippen LogP contribution in [0.3, 0.4) is 0 Å². The maximum absolute atomic E-state index is 11.3. The molecule has 1 aromatic carbocycles. The molecule has 0 aliphatic rings. The number of halogens is 1. The second-order valence-corrected chi connectivity index (χ2v) is 4.23. The summed E-state index contributed by atoms with van der Waals surface area (Å²) in [7, 11) is 0. The first-order chi connectivity index (χ1) is 6.97. The van der Waals surface area contributed by atoms with Gasteiger partial charge in [0.1, 0.15) is 5.78 Å². The minimum Gasteiger partial charge on any atom is -0.385 e. The van der Waals surface area contributed by atoms with E-state index in [1.165, 1.54) is 0 Å². The van der Waals surface area contributed by atoms with E-state index in [9.17, 15) is 9.90 Å². The van der Waals surface area contributed by atoms with E-state index in [-0.39, 0.29) is 12.2 Å². The molecule has 15 heavy (non-hydrogen) atoms. The highest BCUT2D eigenvalue weighted by Crippen LogP contribution is 2.30. The maximum Gasteiger partial charge on any atom is 0.135 e. The molecular weight excluding hydrogens is 212 g/mol. The highest BCUT2D eigenvalue weighted by Gasteiger charge is 2.27. The standard InChI is InChI=1S/C12H15ClO2/c1-3-9(14)8-12(2,15)10-6-4-5-7-11(10)13/h4-7,15H,3,8H2,1-2H3. The fourth-order valence-corrected chi connectivity index (χ4v) is 1.84. The van der Waals surface area contributed by atoms with Gasteiger partial charge in [-0.25, -0.2) is 0 Å². The first kappa shape index (κ1) is 12.2. The van der Waals surface area contributed by atoms with Crippen LogP contribution in [0.15, 0.2) is 24.3 Å². The number of carbonyl (C=O) groups is 1. The Kier molecular flexibility index (Phi) is 3.89. The first-order valence-electron chi connectivity index (χ1n) is 4.96. The van der Waals surface area contributed by atoms with E-state index in [0.29, 0.717) is 17.0 Å². The number of carbonyl (C=O) groups excluding carboxylic acids is 1. The molecule has 3 heteroatoms. The minimum absolute atomic E-state index is 0.0277. The molecule has 0 amide bonds. The highest BCUT2D eigenvalue weighted by molar-refractivity contribution is 6.31. The van der Waals surface area contributed by atoms with Gasteiger partial charge in [-0.1, -0.05) is 36.7 Å². The van der Waals surface area contributed by atoms with Crippen molar-refractivity contribution in [3.8, 4) is 0 Å². The van der Waals surface area contributed by atoms with Gasteiger partial charge in [0.05, 0.1) is 5.60 Å². The van der Waals surface area contributed by atoms with Crippen LogP contribution in [0.5, 0.6) is 0 Å². The van der Waals surface area contributed by atoms with E-state index in [0.717, 1.165) is 0 Å². The third-order valence-electron chi connectivity index (χ3n) is 2.39. The van der Waals surface area contributed by atoms with Gasteiger partial charge in [-0.05, 0) is 13.0 Å². The Hall–Kier alpha value is -0.860. The summed E-state index contributed by atoms with van der Waals surface area (Å²) in [6.45, 7) is 3.40. The van der Waals surface area contributed by atoms with E-state index in [4.69, 9.17) is 11.6 Å². The summed E-state index contributed by atoms with van der Waals surface area (Å²) in [5, 5.41) is 10.7. The van der Waals surface area contributed by atoms with Gasteiger partial charge >= 0.3 is 0 Å². The van der Waals surface area contributed by atoms with Gasteiger partial charge in [0.2, 0.25) is 0 Å². The normalized spacial score (nSPS) is 14.7. The Morgan fingerprint density at radius 1 is 1.47 bits per heavy atom. The van der Waals surface area contributed by atoms with Crippen LogP contribution in [0.4, 0.5) is 0 Å². The van der Waals surface area contributed by atoms with Gasteiger partial charge in [0.25, 0.3) is 0 Å². The molecule has 0 spiro atoms. The molecule has 1 atom stereocenters. The van der Waals surface area contributed by atoms with E-state index in [1.54, 1.807) is 38.1 Å². The molecule has 1 unspecified atom stereocenters. The lowest BCUT2D eigenvalue weighted by Gasteiger charge is -2.23. The number of benzene rings is 1. The summed E-state index contributed by atoms with van der Waals surface area (Å²) in [5.74, 6) is 0.0277. The number of hydrogen-bond donors (Lipinski definition) is 1. The van der Waals surface area contributed by atoms with Gasteiger partial charge in [-0.3, -0.25) is 4.79 Å². The van der Waals surface area contributed by atoms with Gasteiger partial charge in [0, 0.05) is 23.4 Å². The predicted molar refractivity (Wildman–Crippen MR) is 60.9 cm³/mol. The van der Waals surface area contributed by atoms with Crippen molar-refractivity contribution < 1.29 is 9.90 Å². The number of hydrogen-bond acceptors (Lipinski definition) is 2. The molecule has 0 aliphatic heterocycles. The Morgan fingerprint density at radius 2 is 2.07 bits per heavy atom. The zero-order chi connectivity index (χ0) is 11.5. The lowest BCUT2D eigenvalue weighted by atomic mass is 9.90. The molecule has 0 radical (unpaired) electrons. The minimum atomic E-state index is -1.18. The van der Waals surface area contributed by atoms with Crippen molar-refractivity contribution in [1.29, 1.82) is 0 Å². The number of Topliss-reactive ketones (excluding diaryl/α,β-unsaturated/α-hetero) is 1. The molecule has 0 aliphatic carbocycles. The summed E-state index contributed by atoms with van der Waals surface area (Å²) in [6, 6.07) is 7.04. The summed E-state index contributed by atoms with van der Waals surface area (Å²) in [4.78, 5) is 11.3. The van der Waals surface area contributed by atoms with Crippen molar-refractivity contribution in [3.63, 3.8) is 0 Å². The van der Waals surface area contributed by atoms with Crippen LogP contribution >= 0.6 is 11.6 Å². The molecule has 2 nitrogen and oxygen atoms in total. The average molecular weight is 227 g/mol. The van der Waals surface area contributed by atoms with Gasteiger partial charge in [-0.2, -0.15) is 0 Å². The van der Waals surface area contributed by atoms with E-state index >= 15 is 0 Å². The zero-order valence-electron chi connectivity index (χ0n) is 8.96. The van der Waals surface area contributed by atoms with Crippen LogP contribution in [0.1, 0.15) is 32.3 Å². The SMILES string of the molecule is CCC(=O)CC(C)(O)c1ccccc1Cl. The summed E-state index contributed by atoms with van der Waals surface area (Å²) in [6.07, 6.45) is 0.536. The molecule has 0 bridgehead atoms. The van der Waals surface area contributed by atoms with Crippen molar-refractivity contribution in [1.82, 2.24) is 0 Å². The molecule has 1 rings (SSSR count). The second-order valence-electron chi connectivity index (χ2n) is 3.82. The van der Waals surface area contributed by atoms with Crippen molar-refractivity contribution >= 4 is 17.4 Å². The van der Waals surface area contributed by atoms with Crippen LogP contribution in [-0.4, -0.2) is 10.9 Å². The molecule has 0 saturated heterocycles. The molecule has 0 saturated carbocycles. The lowest BCUT2D eigenvalue weighted by Crippen LogP contribution is -2.25. The molecule has 0 aromatic heterocycles. The number of aliphatic hydroxyl groups is 1. The predicted octanol–water partition coefficient (Wildman–Crippen LogP) is 2.92. The zero-order valence-corrected chi connectivity index (χ0v) is 9.71. The van der Waals surface area contributed by atoms with Crippen LogP contribution in [0.2, 0.25) is 5.02 Å². The molecule has 1 aromatic rings. The highest BCUT2D eigenvalue weighted by atomic mass is 35.5. The molecular formula is C12H15ClO2. The van der Waals surface area contributed by atoms with Gasteiger partial charge in [-0.15, -0.1) is 0 Å². The Balaban J connectivity index is 2.95. The van der Waals surface area contributed by atoms with Crippen molar-refractivity contribution in [3.05, 3.63) is 34.9 Å². The third-order valence-corrected chi connectivity index (χ3v) is 2.72. The van der Waals surface area contributed by atoms with Crippen LogP contribution in [0, 0.1) is 0 Å². The fraction of sp³-hybridized carbons (Fsp3) is 0.417. The average Bonchev–Trinajstić information content (AvgIpc) is 2.17. The van der Waals surface area contributed by atoms with Crippen LogP contribution in [-0.2, 0) is 10.4 Å². The van der Waals surface area contributed by atoms with Crippen LogP contribution in [0.25, 0.3) is 0 Å². The second kappa shape index (κ2) is 4.77. The van der Waals surface area contributed by atoms with Gasteiger partial charge < -0.3 is 5.11 Å². The monoisotopic (exact) mass is 226 g/mol. The largest absolute Gasteiger partial charge is 0.385 e. The topological polar surface area (TPSA) is 37.3 Å². The Morgan fingerprint density at radius 3 is 2.60 bits per heavy atom. The maximum atomic E-state index is 11.3. The van der Waals surface area contributed by atoms with Gasteiger partial charge in [0.15, 0.2) is 0 Å². The third kappa shape index (κ3) is 3.05. The first-order valence-corrected chi connectivity index (χ1v) is 5.34. The molecule has 1 N–H and O–H groups in total. The van der Waals surface area contributed by atoms with E-state index < -0.39 is 5.60 Å². The van der Waals surface area contributed by atoms with Crippen LogP contribution < -0.4 is 0 Å². The van der Waals surface area contributed by atoms with E-state index in [2.05, 4.69) is 0 Å². The smallest absolute Gasteiger partial charge is 0.135 e. The molecule has 0 heterocycles. The van der Waals surface area contributed by atoms with Crippen molar-refractivity contribution in [2.24, 2.45) is 0 Å². The Bertz CT molecular complexity index is 358. The lowest BCUT2D eigenvalue weighted by molar-refractivity contribution is -0.123. The summed E-state index contributed by atoms with van der Waals surface area (Å²) < 4.78 is 0. The Labute approximate surface area is 94.9 Å². The fourth-order valence-electron chi connectivity index (χ4n) is 1.50. The molecule has 82 valence electrons. The molecule has 0 fully saturated rings. The van der Waals surface area contributed by atoms with Crippen molar-refractivity contribution in [2.45, 2.75) is 32.3 Å². The summed E-state index contributed by atoms with van der Waals surface area (Å²) >= 11 is 5.96. The van der Waals surface area contributed by atoms with Crippen molar-refractivity contribution in [2.75, 3.05) is 0 Å². The summed E-state index contributed by atoms with van der Waals surface area (Å²) in [5.41, 5.74) is -0.570.